The third-order valence-electron chi connectivity index (χ3n) is 4.51. The van der Waals surface area contributed by atoms with Crippen LogP contribution in [0.15, 0.2) is 58.3 Å². The van der Waals surface area contributed by atoms with Crippen LogP contribution in [0, 0.1) is 6.92 Å². The van der Waals surface area contributed by atoms with Crippen LogP contribution in [-0.4, -0.2) is 26.7 Å². The molecule has 136 valence electrons. The molecule has 27 heavy (non-hydrogen) atoms. The minimum absolute atomic E-state index is 0.0367. The normalized spacial score (nSPS) is 11.2. The lowest BCUT2D eigenvalue weighted by molar-refractivity contribution is 0.102. The second kappa shape index (κ2) is 7.40. The van der Waals surface area contributed by atoms with E-state index in [2.05, 4.69) is 28.2 Å². The van der Waals surface area contributed by atoms with Gasteiger partial charge in [-0.15, -0.1) is 10.2 Å². The molecule has 1 N–H and O–H groups in total. The number of aromatic nitrogens is 3. The Morgan fingerprint density at radius 1 is 1.15 bits per heavy atom. The van der Waals surface area contributed by atoms with Gasteiger partial charge in [0.05, 0.1) is 5.75 Å². The Bertz CT molecular complexity index is 1100. The fourth-order valence-electron chi connectivity index (χ4n) is 3.03. The van der Waals surface area contributed by atoms with Gasteiger partial charge in [0.15, 0.2) is 5.78 Å². The molecule has 0 spiro atoms. The molecule has 0 unspecified atom stereocenters. The van der Waals surface area contributed by atoms with Crippen molar-refractivity contribution in [3.05, 3.63) is 65.4 Å². The van der Waals surface area contributed by atoms with Gasteiger partial charge in [-0.1, -0.05) is 54.6 Å². The third kappa shape index (κ3) is 3.53. The monoisotopic (exact) mass is 377 g/mol. The second-order valence-corrected chi connectivity index (χ2v) is 7.27. The molecule has 4 rings (SSSR count). The van der Waals surface area contributed by atoms with E-state index >= 15 is 0 Å². The highest BCUT2D eigenvalue weighted by Gasteiger charge is 2.16. The Hall–Kier alpha value is -2.86. The van der Waals surface area contributed by atoms with E-state index in [1.54, 1.807) is 6.20 Å². The number of hydrogen-bond donors (Lipinski definition) is 1. The van der Waals surface area contributed by atoms with Crippen molar-refractivity contribution in [2.24, 2.45) is 0 Å². The standard InChI is InChI=1S/C21H19N3O2S/c1-3-14-5-4-6-16-17(11-22-19(14)16)18(25)12-27-21-24-23-20(26-21)15-9-7-13(2)8-10-15/h4-11,22H,3,12H2,1-2H3. The first kappa shape index (κ1) is 17.5. The molecule has 0 aliphatic heterocycles. The van der Waals surface area contributed by atoms with Crippen LogP contribution in [0.5, 0.6) is 0 Å². The highest BCUT2D eigenvalue weighted by atomic mass is 32.2. The zero-order valence-corrected chi connectivity index (χ0v) is 16.0. The summed E-state index contributed by atoms with van der Waals surface area (Å²) in [4.78, 5) is 15.9. The lowest BCUT2D eigenvalue weighted by atomic mass is 10.1. The van der Waals surface area contributed by atoms with E-state index in [-0.39, 0.29) is 11.5 Å². The molecule has 0 atom stereocenters. The predicted octanol–water partition coefficient (Wildman–Crippen LogP) is 5.06. The van der Waals surface area contributed by atoms with Gasteiger partial charge in [-0.3, -0.25) is 4.79 Å². The van der Waals surface area contributed by atoms with E-state index in [0.29, 0.717) is 16.7 Å². The number of para-hydroxylation sites is 1. The zero-order valence-electron chi connectivity index (χ0n) is 15.2. The fourth-order valence-corrected chi connectivity index (χ4v) is 3.67. The summed E-state index contributed by atoms with van der Waals surface area (Å²) in [6, 6.07) is 13.9. The molecular formula is C21H19N3O2S. The molecule has 6 heteroatoms. The van der Waals surface area contributed by atoms with Gasteiger partial charge in [-0.2, -0.15) is 0 Å². The maximum Gasteiger partial charge on any atom is 0.277 e. The Balaban J connectivity index is 1.48. The van der Waals surface area contributed by atoms with Crippen LogP contribution in [0.2, 0.25) is 0 Å². The number of hydrogen-bond acceptors (Lipinski definition) is 5. The highest BCUT2D eigenvalue weighted by molar-refractivity contribution is 7.99. The van der Waals surface area contributed by atoms with Crippen molar-refractivity contribution in [3.8, 4) is 11.5 Å². The Labute approximate surface area is 161 Å². The van der Waals surface area contributed by atoms with Crippen molar-refractivity contribution in [1.82, 2.24) is 15.2 Å². The van der Waals surface area contributed by atoms with Gasteiger partial charge in [0.1, 0.15) is 0 Å². The van der Waals surface area contributed by atoms with Gasteiger partial charge in [-0.25, -0.2) is 0 Å². The van der Waals surface area contributed by atoms with Crippen LogP contribution >= 0.6 is 11.8 Å². The average Bonchev–Trinajstić information content (AvgIpc) is 3.33. The average molecular weight is 377 g/mol. The highest BCUT2D eigenvalue weighted by Crippen LogP contribution is 2.26. The molecule has 2 aromatic heterocycles. The van der Waals surface area contributed by atoms with Crippen LogP contribution in [-0.2, 0) is 6.42 Å². The van der Waals surface area contributed by atoms with E-state index in [1.807, 2.05) is 43.3 Å². The van der Waals surface area contributed by atoms with Gasteiger partial charge in [0.25, 0.3) is 5.22 Å². The largest absolute Gasteiger partial charge is 0.411 e. The molecule has 4 aromatic rings. The second-order valence-electron chi connectivity index (χ2n) is 6.35. The molecule has 0 saturated carbocycles. The molecule has 0 fully saturated rings. The van der Waals surface area contributed by atoms with Crippen LogP contribution in [0.4, 0.5) is 0 Å². The summed E-state index contributed by atoms with van der Waals surface area (Å²) in [6.45, 7) is 4.13. The zero-order chi connectivity index (χ0) is 18.8. The summed E-state index contributed by atoms with van der Waals surface area (Å²) in [6.07, 6.45) is 2.71. The van der Waals surface area contributed by atoms with Crippen molar-refractivity contribution in [2.45, 2.75) is 25.5 Å². The van der Waals surface area contributed by atoms with Crippen LogP contribution in [0.1, 0.15) is 28.4 Å². The smallest absolute Gasteiger partial charge is 0.277 e. The lowest BCUT2D eigenvalue weighted by Crippen LogP contribution is -2.01. The maximum atomic E-state index is 12.7. The Morgan fingerprint density at radius 3 is 2.74 bits per heavy atom. The Morgan fingerprint density at radius 2 is 1.96 bits per heavy atom. The van der Waals surface area contributed by atoms with E-state index in [4.69, 9.17) is 4.42 Å². The summed E-state index contributed by atoms with van der Waals surface area (Å²) >= 11 is 1.26. The number of thioether (sulfide) groups is 1. The van der Waals surface area contributed by atoms with Crippen molar-refractivity contribution in [1.29, 1.82) is 0 Å². The lowest BCUT2D eigenvalue weighted by Gasteiger charge is -2.00. The van der Waals surface area contributed by atoms with E-state index in [9.17, 15) is 4.79 Å². The number of carbonyl (C=O) groups excluding carboxylic acids is 1. The topological polar surface area (TPSA) is 71.8 Å². The van der Waals surface area contributed by atoms with Gasteiger partial charge < -0.3 is 9.40 Å². The molecule has 5 nitrogen and oxygen atoms in total. The minimum atomic E-state index is 0.0367. The number of nitrogens with zero attached hydrogens (tertiary/aromatic N) is 2. The summed E-state index contributed by atoms with van der Waals surface area (Å²) in [5.41, 5.74) is 4.98. The Kier molecular flexibility index (Phi) is 4.81. The van der Waals surface area contributed by atoms with E-state index in [0.717, 1.165) is 22.9 Å². The number of nitrogens with one attached hydrogen (secondary N) is 1. The molecular weight excluding hydrogens is 358 g/mol. The maximum absolute atomic E-state index is 12.7. The molecule has 0 saturated heterocycles. The number of Topliss-reactive ketones (excluding diaryl/α,β-unsaturated/α-hetero) is 1. The number of H-pyrrole nitrogens is 1. The number of aromatic amines is 1. The molecule has 2 aromatic carbocycles. The molecule has 0 bridgehead atoms. The van der Waals surface area contributed by atoms with Crippen molar-refractivity contribution in [2.75, 3.05) is 5.75 Å². The first-order valence-electron chi connectivity index (χ1n) is 8.81. The first-order chi connectivity index (χ1) is 13.2. The third-order valence-corrected chi connectivity index (χ3v) is 5.33. The molecule has 0 aliphatic rings. The van der Waals surface area contributed by atoms with Gasteiger partial charge >= 0.3 is 0 Å². The number of rotatable bonds is 6. The number of carbonyl (C=O) groups is 1. The number of aryl methyl sites for hydroxylation is 2. The molecule has 0 radical (unpaired) electrons. The molecule has 0 aliphatic carbocycles. The summed E-state index contributed by atoms with van der Waals surface area (Å²) in [7, 11) is 0. The van der Waals surface area contributed by atoms with Crippen molar-refractivity contribution in [3.63, 3.8) is 0 Å². The van der Waals surface area contributed by atoms with E-state index < -0.39 is 0 Å². The summed E-state index contributed by atoms with van der Waals surface area (Å²) < 4.78 is 5.68. The molecule has 2 heterocycles. The van der Waals surface area contributed by atoms with E-state index in [1.165, 1.54) is 22.9 Å². The quantitative estimate of drug-likeness (QED) is 0.375. The summed E-state index contributed by atoms with van der Waals surface area (Å²) in [5, 5.41) is 9.48. The van der Waals surface area contributed by atoms with Crippen molar-refractivity contribution >= 4 is 28.4 Å². The minimum Gasteiger partial charge on any atom is -0.411 e. The number of ketones is 1. The fraction of sp³-hybridized carbons (Fsp3) is 0.190. The van der Waals surface area contributed by atoms with Crippen molar-refractivity contribution < 1.29 is 9.21 Å². The summed E-state index contributed by atoms with van der Waals surface area (Å²) in [5.74, 6) is 0.748. The predicted molar refractivity (Wildman–Crippen MR) is 107 cm³/mol. The van der Waals surface area contributed by atoms with Crippen LogP contribution in [0.25, 0.3) is 22.4 Å². The number of benzene rings is 2. The molecule has 0 amide bonds. The van der Waals surface area contributed by atoms with Crippen LogP contribution in [0.3, 0.4) is 0 Å². The van der Waals surface area contributed by atoms with Gasteiger partial charge in [-0.05, 0) is 31.0 Å². The SMILES string of the molecule is CCc1cccc2c(C(=O)CSc3nnc(-c4ccc(C)cc4)o3)c[nH]c12. The number of fused-ring (bicyclic) bond motifs is 1. The van der Waals surface area contributed by atoms with Gasteiger partial charge in [0, 0.05) is 28.2 Å². The first-order valence-corrected chi connectivity index (χ1v) is 9.79. The van der Waals surface area contributed by atoms with Crippen LogP contribution < -0.4 is 0 Å². The van der Waals surface area contributed by atoms with Gasteiger partial charge in [0.2, 0.25) is 5.89 Å².